The zero-order valence-corrected chi connectivity index (χ0v) is 9.19. The summed E-state index contributed by atoms with van der Waals surface area (Å²) >= 11 is 0. The van der Waals surface area contributed by atoms with E-state index in [0.29, 0.717) is 6.61 Å². The Morgan fingerprint density at radius 2 is 2.20 bits per heavy atom. The highest BCUT2D eigenvalue weighted by Gasteiger charge is 2.26. The van der Waals surface area contributed by atoms with Gasteiger partial charge in [-0.1, -0.05) is 18.2 Å². The van der Waals surface area contributed by atoms with Gasteiger partial charge in [0.05, 0.1) is 18.8 Å². The molecule has 82 valence electrons. The van der Waals surface area contributed by atoms with Crippen LogP contribution in [0.3, 0.4) is 0 Å². The van der Waals surface area contributed by atoms with Crippen LogP contribution in [-0.2, 0) is 4.74 Å². The summed E-state index contributed by atoms with van der Waals surface area (Å²) in [5, 5.41) is 3.30. The molecule has 1 N–H and O–H groups in total. The minimum atomic E-state index is 0.179. The van der Waals surface area contributed by atoms with Gasteiger partial charge in [-0.15, -0.1) is 0 Å². The van der Waals surface area contributed by atoms with Crippen molar-refractivity contribution in [1.29, 1.82) is 0 Å². The highest BCUT2D eigenvalue weighted by atomic mass is 16.5. The number of likely N-dealkylation sites (N-methyl/N-ethyl adjacent to an activating group) is 1. The van der Waals surface area contributed by atoms with Gasteiger partial charge >= 0.3 is 0 Å². The predicted molar refractivity (Wildman–Crippen MR) is 59.2 cm³/mol. The van der Waals surface area contributed by atoms with Crippen LogP contribution in [0.15, 0.2) is 24.3 Å². The first-order valence-corrected chi connectivity index (χ1v) is 5.28. The second-order valence-corrected chi connectivity index (χ2v) is 3.72. The van der Waals surface area contributed by atoms with Gasteiger partial charge in [0.1, 0.15) is 5.75 Å². The first-order valence-electron chi connectivity index (χ1n) is 5.28. The molecule has 0 unspecified atom stereocenters. The molecule has 0 spiro atoms. The zero-order chi connectivity index (χ0) is 10.7. The van der Waals surface area contributed by atoms with Crippen molar-refractivity contribution in [2.75, 3.05) is 20.8 Å². The fourth-order valence-corrected chi connectivity index (χ4v) is 2.12. The maximum absolute atomic E-state index is 5.69. The summed E-state index contributed by atoms with van der Waals surface area (Å²) in [7, 11) is 3.71. The Morgan fingerprint density at radius 1 is 1.40 bits per heavy atom. The van der Waals surface area contributed by atoms with Crippen LogP contribution in [0.5, 0.6) is 5.75 Å². The molecule has 0 aromatic heterocycles. The van der Waals surface area contributed by atoms with Crippen molar-refractivity contribution < 1.29 is 9.47 Å². The Hall–Kier alpha value is -1.06. The molecule has 2 rings (SSSR count). The van der Waals surface area contributed by atoms with Crippen LogP contribution < -0.4 is 10.1 Å². The molecular weight excluding hydrogens is 190 g/mol. The fraction of sp³-hybridized carbons (Fsp3) is 0.500. The number of hydrogen-bond donors (Lipinski definition) is 1. The highest BCUT2D eigenvalue weighted by Crippen LogP contribution is 2.32. The van der Waals surface area contributed by atoms with Crippen LogP contribution in [0.1, 0.15) is 18.0 Å². The van der Waals surface area contributed by atoms with Gasteiger partial charge in [-0.3, -0.25) is 0 Å². The number of ether oxygens (including phenoxy) is 2. The third-order valence-corrected chi connectivity index (χ3v) is 2.90. The number of hydrogen-bond acceptors (Lipinski definition) is 3. The first-order chi connectivity index (χ1) is 7.36. The Balaban J connectivity index is 2.36. The number of benzene rings is 1. The van der Waals surface area contributed by atoms with E-state index in [1.54, 1.807) is 7.11 Å². The van der Waals surface area contributed by atoms with Gasteiger partial charge in [0.15, 0.2) is 0 Å². The number of para-hydroxylation sites is 1. The van der Waals surface area contributed by atoms with Crippen molar-refractivity contribution in [3.63, 3.8) is 0 Å². The van der Waals surface area contributed by atoms with Crippen molar-refractivity contribution in [1.82, 2.24) is 5.32 Å². The lowest BCUT2D eigenvalue weighted by Crippen LogP contribution is -2.30. The molecular formula is C12H17NO2. The van der Waals surface area contributed by atoms with Gasteiger partial charge in [-0.2, -0.15) is 0 Å². The minimum Gasteiger partial charge on any atom is -0.493 e. The van der Waals surface area contributed by atoms with Crippen molar-refractivity contribution in [2.45, 2.75) is 18.6 Å². The fourth-order valence-electron chi connectivity index (χ4n) is 2.12. The lowest BCUT2D eigenvalue weighted by Gasteiger charge is -2.23. The molecule has 0 aliphatic carbocycles. The summed E-state index contributed by atoms with van der Waals surface area (Å²) in [6.45, 7) is 0.716. The highest BCUT2D eigenvalue weighted by molar-refractivity contribution is 5.37. The second-order valence-electron chi connectivity index (χ2n) is 3.72. The number of methoxy groups -OCH3 is 1. The van der Waals surface area contributed by atoms with Crippen LogP contribution in [-0.4, -0.2) is 26.9 Å². The smallest absolute Gasteiger partial charge is 0.124 e. The maximum Gasteiger partial charge on any atom is 0.124 e. The predicted octanol–water partition coefficient (Wildman–Crippen LogP) is 1.74. The average Bonchev–Trinajstić information content (AvgIpc) is 2.47. The Bertz CT molecular complexity index is 327. The molecule has 0 fully saturated rings. The lowest BCUT2D eigenvalue weighted by molar-refractivity contribution is 0.0598. The van der Waals surface area contributed by atoms with E-state index in [4.69, 9.17) is 9.47 Å². The summed E-state index contributed by atoms with van der Waals surface area (Å²) in [5.74, 6) is 0.969. The molecule has 0 saturated carbocycles. The molecule has 3 heteroatoms. The normalized spacial score (nSPS) is 25.2. The van der Waals surface area contributed by atoms with Gasteiger partial charge in [-0.05, 0) is 13.1 Å². The maximum atomic E-state index is 5.69. The van der Waals surface area contributed by atoms with Gasteiger partial charge in [0, 0.05) is 19.1 Å². The molecule has 0 saturated heterocycles. The lowest BCUT2D eigenvalue weighted by atomic mass is 10.00. The average molecular weight is 207 g/mol. The van der Waals surface area contributed by atoms with Crippen molar-refractivity contribution >= 4 is 0 Å². The third kappa shape index (κ3) is 1.98. The molecule has 2 atom stereocenters. The largest absolute Gasteiger partial charge is 0.493 e. The zero-order valence-electron chi connectivity index (χ0n) is 9.19. The van der Waals surface area contributed by atoms with E-state index in [1.165, 1.54) is 5.56 Å². The Kier molecular flexibility index (Phi) is 3.23. The third-order valence-electron chi connectivity index (χ3n) is 2.90. The van der Waals surface area contributed by atoms with Crippen molar-refractivity contribution in [2.24, 2.45) is 0 Å². The van der Waals surface area contributed by atoms with Crippen LogP contribution in [0.2, 0.25) is 0 Å². The molecule has 3 nitrogen and oxygen atoms in total. The van der Waals surface area contributed by atoms with E-state index in [1.807, 2.05) is 25.2 Å². The van der Waals surface area contributed by atoms with Gasteiger partial charge in [0.2, 0.25) is 0 Å². The number of rotatable bonds is 2. The van der Waals surface area contributed by atoms with Crippen molar-refractivity contribution in [3.05, 3.63) is 29.8 Å². The topological polar surface area (TPSA) is 30.5 Å². The van der Waals surface area contributed by atoms with Crippen LogP contribution in [0.25, 0.3) is 0 Å². The van der Waals surface area contributed by atoms with Gasteiger partial charge in [-0.25, -0.2) is 0 Å². The summed E-state index contributed by atoms with van der Waals surface area (Å²) < 4.78 is 11.2. The van der Waals surface area contributed by atoms with E-state index in [9.17, 15) is 0 Å². The molecule has 0 bridgehead atoms. The van der Waals surface area contributed by atoms with Crippen LogP contribution >= 0.6 is 0 Å². The number of nitrogens with one attached hydrogen (secondary N) is 1. The Labute approximate surface area is 90.4 Å². The molecule has 1 aliphatic rings. The van der Waals surface area contributed by atoms with Crippen molar-refractivity contribution in [3.8, 4) is 5.75 Å². The molecule has 1 aliphatic heterocycles. The van der Waals surface area contributed by atoms with E-state index < -0.39 is 0 Å². The standard InChI is InChI=1S/C12H17NO2/c1-13-12-9-5-3-4-6-10(9)15-8-7-11(12)14-2/h3-6,11-13H,7-8H2,1-2H3/t11-,12+/m1/s1. The molecule has 1 heterocycles. The SMILES string of the molecule is CN[C@H]1c2ccccc2OCC[C@H]1OC. The molecule has 1 aromatic rings. The van der Waals surface area contributed by atoms with E-state index >= 15 is 0 Å². The minimum absolute atomic E-state index is 0.179. The monoisotopic (exact) mass is 207 g/mol. The van der Waals surface area contributed by atoms with E-state index in [-0.39, 0.29) is 12.1 Å². The van der Waals surface area contributed by atoms with E-state index in [0.717, 1.165) is 12.2 Å². The summed E-state index contributed by atoms with van der Waals surface area (Å²) in [6, 6.07) is 8.35. The molecule has 15 heavy (non-hydrogen) atoms. The first kappa shape index (κ1) is 10.5. The number of fused-ring (bicyclic) bond motifs is 1. The van der Waals surface area contributed by atoms with E-state index in [2.05, 4.69) is 11.4 Å². The Morgan fingerprint density at radius 3 is 2.93 bits per heavy atom. The second kappa shape index (κ2) is 4.64. The summed E-state index contributed by atoms with van der Waals surface area (Å²) in [5.41, 5.74) is 1.18. The van der Waals surface area contributed by atoms with Gasteiger partial charge in [0.25, 0.3) is 0 Å². The van der Waals surface area contributed by atoms with Gasteiger partial charge < -0.3 is 14.8 Å². The summed E-state index contributed by atoms with van der Waals surface area (Å²) in [4.78, 5) is 0. The van der Waals surface area contributed by atoms with Crippen LogP contribution in [0, 0.1) is 0 Å². The molecule has 0 amide bonds. The quantitative estimate of drug-likeness (QED) is 0.801. The van der Waals surface area contributed by atoms with Crippen LogP contribution in [0.4, 0.5) is 0 Å². The summed E-state index contributed by atoms with van der Waals surface area (Å²) in [6.07, 6.45) is 1.09. The molecule has 0 radical (unpaired) electrons. The molecule has 1 aromatic carbocycles.